The average Bonchev–Trinajstić information content (AvgIpc) is 3.60. The summed E-state index contributed by atoms with van der Waals surface area (Å²) in [6.07, 6.45) is 5.39. The molecule has 0 radical (unpaired) electrons. The van der Waals surface area contributed by atoms with Crippen LogP contribution in [0, 0.1) is 13.8 Å². The Hall–Kier alpha value is -3.72. The highest BCUT2D eigenvalue weighted by Crippen LogP contribution is 2.30. The number of pyridine rings is 1. The molecule has 0 aliphatic heterocycles. The van der Waals surface area contributed by atoms with E-state index in [0.29, 0.717) is 30.6 Å². The first-order valence-electron chi connectivity index (χ1n) is 13.3. The van der Waals surface area contributed by atoms with Crippen molar-refractivity contribution in [1.29, 1.82) is 0 Å². The summed E-state index contributed by atoms with van der Waals surface area (Å²) >= 11 is 0. The van der Waals surface area contributed by atoms with Gasteiger partial charge in [0.1, 0.15) is 0 Å². The van der Waals surface area contributed by atoms with Gasteiger partial charge in [0.15, 0.2) is 17.3 Å². The van der Waals surface area contributed by atoms with E-state index in [0.717, 1.165) is 64.8 Å². The third kappa shape index (κ3) is 5.57. The van der Waals surface area contributed by atoms with E-state index in [2.05, 4.69) is 44.5 Å². The number of aromatic nitrogens is 5. The molecule has 0 amide bonds. The number of aryl methyl sites for hydroxylation is 2. The Morgan fingerprint density at radius 2 is 1.82 bits per heavy atom. The number of hydrogen-bond acceptors (Lipinski definition) is 7. The zero-order valence-corrected chi connectivity index (χ0v) is 22.7. The van der Waals surface area contributed by atoms with Gasteiger partial charge in [-0.05, 0) is 84.5 Å². The van der Waals surface area contributed by atoms with Crippen molar-refractivity contribution >= 4 is 10.9 Å². The molecule has 0 saturated heterocycles. The molecule has 38 heavy (non-hydrogen) atoms. The summed E-state index contributed by atoms with van der Waals surface area (Å²) in [6.45, 7) is 5.90. The van der Waals surface area contributed by atoms with Crippen molar-refractivity contribution in [3.05, 3.63) is 74.8 Å². The number of benzene rings is 2. The van der Waals surface area contributed by atoms with Gasteiger partial charge in [-0.3, -0.25) is 9.69 Å². The van der Waals surface area contributed by atoms with Gasteiger partial charge in [0.2, 0.25) is 0 Å². The number of rotatable bonds is 10. The lowest BCUT2D eigenvalue weighted by atomic mass is 10.0. The van der Waals surface area contributed by atoms with Gasteiger partial charge < -0.3 is 14.5 Å². The van der Waals surface area contributed by atoms with E-state index >= 15 is 0 Å². The van der Waals surface area contributed by atoms with Crippen molar-refractivity contribution in [1.82, 2.24) is 30.1 Å². The lowest BCUT2D eigenvalue weighted by Gasteiger charge is -2.23. The predicted octanol–water partition coefficient (Wildman–Crippen LogP) is 4.51. The Bertz CT molecular complexity index is 1470. The van der Waals surface area contributed by atoms with Crippen LogP contribution in [-0.4, -0.2) is 50.9 Å². The normalized spacial score (nSPS) is 14.0. The highest BCUT2D eigenvalue weighted by Gasteiger charge is 2.23. The number of fused-ring (bicyclic) bond motifs is 1. The molecule has 2 heterocycles. The van der Waals surface area contributed by atoms with Gasteiger partial charge in [0.25, 0.3) is 5.56 Å². The standard InChI is InChI=1S/C29H36N6O3/c1-19-13-20(2)24-16-22(29(36)30-25(24)14-19)17-34(12-11-21-9-10-26(37-3)27(15-21)38-4)18-28-31-32-33-35(28)23-7-5-6-8-23/h9-10,13-16,23H,5-8,11-12,17-18H2,1-4H3,(H,30,36). The third-order valence-corrected chi connectivity index (χ3v) is 7.54. The fourth-order valence-electron chi connectivity index (χ4n) is 5.56. The summed E-state index contributed by atoms with van der Waals surface area (Å²) in [5, 5.41) is 13.8. The summed E-state index contributed by atoms with van der Waals surface area (Å²) in [6, 6.07) is 12.5. The van der Waals surface area contributed by atoms with Crippen LogP contribution in [0.3, 0.4) is 0 Å². The number of methoxy groups -OCH3 is 2. The van der Waals surface area contributed by atoms with Gasteiger partial charge >= 0.3 is 0 Å². The van der Waals surface area contributed by atoms with E-state index in [1.807, 2.05) is 35.9 Å². The quantitative estimate of drug-likeness (QED) is 0.331. The number of aromatic amines is 1. The molecule has 1 N–H and O–H groups in total. The summed E-state index contributed by atoms with van der Waals surface area (Å²) in [5.74, 6) is 2.25. The first-order chi connectivity index (χ1) is 18.4. The van der Waals surface area contributed by atoms with Crippen LogP contribution in [0.1, 0.15) is 59.8 Å². The fraction of sp³-hybridized carbons (Fsp3) is 0.448. The van der Waals surface area contributed by atoms with Crippen molar-refractivity contribution in [3.8, 4) is 11.5 Å². The van der Waals surface area contributed by atoms with Crippen LogP contribution in [0.4, 0.5) is 0 Å². The summed E-state index contributed by atoms with van der Waals surface area (Å²) in [5.41, 5.74) is 4.96. The smallest absolute Gasteiger partial charge is 0.252 e. The monoisotopic (exact) mass is 516 g/mol. The lowest BCUT2D eigenvalue weighted by molar-refractivity contribution is 0.243. The Kier molecular flexibility index (Phi) is 7.74. The van der Waals surface area contributed by atoms with Crippen LogP contribution < -0.4 is 15.0 Å². The van der Waals surface area contributed by atoms with Crippen molar-refractivity contribution < 1.29 is 9.47 Å². The van der Waals surface area contributed by atoms with Crippen molar-refractivity contribution in [2.75, 3.05) is 20.8 Å². The molecule has 9 nitrogen and oxygen atoms in total. The molecule has 2 aromatic heterocycles. The number of ether oxygens (including phenoxy) is 2. The van der Waals surface area contributed by atoms with Gasteiger partial charge in [-0.15, -0.1) is 5.10 Å². The number of tetrazole rings is 1. The van der Waals surface area contributed by atoms with Gasteiger partial charge in [-0.25, -0.2) is 4.68 Å². The van der Waals surface area contributed by atoms with Crippen LogP contribution in [0.2, 0.25) is 0 Å². The number of H-pyrrole nitrogens is 1. The zero-order chi connectivity index (χ0) is 26.6. The largest absolute Gasteiger partial charge is 0.493 e. The second-order valence-electron chi connectivity index (χ2n) is 10.3. The average molecular weight is 517 g/mol. The van der Waals surface area contributed by atoms with Crippen LogP contribution >= 0.6 is 0 Å². The molecule has 5 rings (SSSR count). The molecule has 200 valence electrons. The van der Waals surface area contributed by atoms with Crippen LogP contribution in [-0.2, 0) is 19.5 Å². The zero-order valence-electron chi connectivity index (χ0n) is 22.7. The van der Waals surface area contributed by atoms with Crippen molar-refractivity contribution in [2.24, 2.45) is 0 Å². The Morgan fingerprint density at radius 3 is 2.58 bits per heavy atom. The molecular weight excluding hydrogens is 480 g/mol. The van der Waals surface area contributed by atoms with E-state index < -0.39 is 0 Å². The topological polar surface area (TPSA) is 98.2 Å². The van der Waals surface area contributed by atoms with Crippen molar-refractivity contribution in [3.63, 3.8) is 0 Å². The molecular formula is C29H36N6O3. The molecule has 2 aromatic carbocycles. The summed E-state index contributed by atoms with van der Waals surface area (Å²) < 4.78 is 12.9. The fourth-order valence-corrected chi connectivity index (χ4v) is 5.56. The van der Waals surface area contributed by atoms with E-state index in [4.69, 9.17) is 9.47 Å². The molecule has 0 atom stereocenters. The lowest BCUT2D eigenvalue weighted by Crippen LogP contribution is -2.30. The summed E-state index contributed by atoms with van der Waals surface area (Å²) in [4.78, 5) is 18.5. The first kappa shape index (κ1) is 25.9. The SMILES string of the molecule is COc1ccc(CCN(Cc2cc3c(C)cc(C)cc3[nH]c2=O)Cc2nnnn2C2CCCC2)cc1OC. The molecule has 1 fully saturated rings. The van der Waals surface area contributed by atoms with E-state index in [-0.39, 0.29) is 5.56 Å². The molecule has 0 bridgehead atoms. The predicted molar refractivity (Wildman–Crippen MR) is 147 cm³/mol. The summed E-state index contributed by atoms with van der Waals surface area (Å²) in [7, 11) is 3.28. The second-order valence-corrected chi connectivity index (χ2v) is 10.3. The molecule has 0 unspecified atom stereocenters. The Labute approximate surface area is 222 Å². The first-order valence-corrected chi connectivity index (χ1v) is 13.3. The minimum Gasteiger partial charge on any atom is -0.493 e. The highest BCUT2D eigenvalue weighted by atomic mass is 16.5. The maximum atomic E-state index is 13.1. The van der Waals surface area contributed by atoms with Crippen molar-refractivity contribution in [2.45, 2.75) is 65.1 Å². The van der Waals surface area contributed by atoms with Gasteiger partial charge in [0.05, 0.1) is 26.8 Å². The van der Waals surface area contributed by atoms with Crippen LogP contribution in [0.5, 0.6) is 11.5 Å². The van der Waals surface area contributed by atoms with E-state index in [1.54, 1.807) is 14.2 Å². The maximum absolute atomic E-state index is 13.1. The van der Waals surface area contributed by atoms with E-state index in [9.17, 15) is 4.79 Å². The third-order valence-electron chi connectivity index (χ3n) is 7.54. The molecule has 4 aromatic rings. The second kappa shape index (κ2) is 11.3. The highest BCUT2D eigenvalue weighted by molar-refractivity contribution is 5.83. The molecule has 0 spiro atoms. The maximum Gasteiger partial charge on any atom is 0.252 e. The van der Waals surface area contributed by atoms with Gasteiger partial charge in [-0.1, -0.05) is 25.0 Å². The number of nitrogens with one attached hydrogen (secondary N) is 1. The van der Waals surface area contributed by atoms with Crippen LogP contribution in [0.25, 0.3) is 10.9 Å². The number of hydrogen-bond donors (Lipinski definition) is 1. The van der Waals surface area contributed by atoms with E-state index in [1.165, 1.54) is 12.8 Å². The van der Waals surface area contributed by atoms with Crippen LogP contribution in [0.15, 0.2) is 41.2 Å². The molecule has 1 aliphatic rings. The minimum atomic E-state index is -0.0611. The Balaban J connectivity index is 1.43. The molecule has 1 aliphatic carbocycles. The minimum absolute atomic E-state index is 0.0611. The molecule has 9 heteroatoms. The van der Waals surface area contributed by atoms with Gasteiger partial charge in [0, 0.05) is 29.6 Å². The van der Waals surface area contributed by atoms with Gasteiger partial charge in [-0.2, -0.15) is 0 Å². The molecule has 1 saturated carbocycles. The number of nitrogens with zero attached hydrogens (tertiary/aromatic N) is 5. The Morgan fingerprint density at radius 1 is 1.03 bits per heavy atom.